The van der Waals surface area contributed by atoms with Crippen molar-refractivity contribution in [1.29, 1.82) is 0 Å². The highest BCUT2D eigenvalue weighted by Gasteiger charge is 2.13. The molecule has 0 atom stereocenters. The van der Waals surface area contributed by atoms with Crippen molar-refractivity contribution in [3.8, 4) is 35.1 Å². The zero-order valence-electron chi connectivity index (χ0n) is 16.5. The van der Waals surface area contributed by atoms with E-state index in [1.54, 1.807) is 36.9 Å². The number of nitrogens with two attached hydrogens (primary N) is 1. The van der Waals surface area contributed by atoms with E-state index >= 15 is 0 Å². The van der Waals surface area contributed by atoms with Gasteiger partial charge in [-0.1, -0.05) is 18.2 Å². The first-order chi connectivity index (χ1) is 15.2. The Kier molecular flexibility index (Phi) is 5.45. The lowest BCUT2D eigenvalue weighted by Gasteiger charge is -2.06. The Balaban J connectivity index is 0.00000112. The number of terminal acetylenes is 1. The Hall–Kier alpha value is -4.44. The number of rotatable bonds is 4. The molecule has 1 aromatic carbocycles. The van der Waals surface area contributed by atoms with Gasteiger partial charge in [-0.15, -0.1) is 12.8 Å². The Morgan fingerprint density at radius 1 is 0.968 bits per heavy atom. The number of aromatic amines is 2. The maximum Gasteiger partial charge on any atom is 0.131 e. The smallest absolute Gasteiger partial charge is 0.131 e. The molecule has 0 saturated heterocycles. The number of anilines is 1. The van der Waals surface area contributed by atoms with Crippen molar-refractivity contribution in [2.45, 2.75) is 6.42 Å². The maximum atomic E-state index is 14.3. The molecule has 0 unspecified atom stereocenters. The van der Waals surface area contributed by atoms with E-state index in [9.17, 15) is 4.39 Å². The number of hydrogen-bond acceptors (Lipinski definition) is 4. The highest BCUT2D eigenvalue weighted by atomic mass is 19.1. The molecule has 0 aliphatic carbocycles. The second-order valence-electron chi connectivity index (χ2n) is 6.85. The molecule has 31 heavy (non-hydrogen) atoms. The zero-order chi connectivity index (χ0) is 21.8. The number of hydrogen-bond donors (Lipinski definition) is 3. The second-order valence-corrected chi connectivity index (χ2v) is 6.85. The molecule has 0 radical (unpaired) electrons. The van der Waals surface area contributed by atoms with Gasteiger partial charge in [0.15, 0.2) is 0 Å². The number of halogens is 1. The van der Waals surface area contributed by atoms with Crippen LogP contribution in [0, 0.1) is 18.7 Å². The summed E-state index contributed by atoms with van der Waals surface area (Å²) in [5, 5.41) is 7.70. The van der Waals surface area contributed by atoms with Crippen LogP contribution in [-0.4, -0.2) is 25.1 Å². The van der Waals surface area contributed by atoms with Gasteiger partial charge in [-0.05, 0) is 18.2 Å². The van der Waals surface area contributed by atoms with Crippen LogP contribution in [0.15, 0.2) is 67.4 Å². The molecule has 152 valence electrons. The summed E-state index contributed by atoms with van der Waals surface area (Å²) in [6.07, 6.45) is 17.3. The van der Waals surface area contributed by atoms with Crippen LogP contribution >= 0.6 is 0 Å². The number of benzene rings is 1. The van der Waals surface area contributed by atoms with Crippen LogP contribution in [0.1, 0.15) is 11.3 Å². The molecule has 5 aromatic rings. The third kappa shape index (κ3) is 3.87. The van der Waals surface area contributed by atoms with E-state index in [1.807, 2.05) is 24.4 Å². The summed E-state index contributed by atoms with van der Waals surface area (Å²) in [6, 6.07) is 10.7. The molecular weight excluding hydrogens is 391 g/mol. The highest BCUT2D eigenvalue weighted by Crippen LogP contribution is 2.31. The topological polar surface area (TPSA) is 96.3 Å². The van der Waals surface area contributed by atoms with Crippen LogP contribution in [0.4, 0.5) is 10.2 Å². The molecule has 0 aliphatic heterocycles. The lowest BCUT2D eigenvalue weighted by atomic mass is 10.0. The van der Waals surface area contributed by atoms with E-state index < -0.39 is 0 Å². The Morgan fingerprint density at radius 2 is 1.81 bits per heavy atom. The fourth-order valence-electron chi connectivity index (χ4n) is 3.53. The Bertz CT molecular complexity index is 1350. The SMILES string of the molecule is C#C.Nc1ncc(-c2cn[nH]c2)cc1Cc1cc2c(-c3ccccc3F)cncc2[nH]1. The first-order valence-electron chi connectivity index (χ1n) is 9.46. The number of pyridine rings is 2. The van der Waals surface area contributed by atoms with E-state index in [-0.39, 0.29) is 5.82 Å². The van der Waals surface area contributed by atoms with E-state index in [0.29, 0.717) is 17.8 Å². The Labute approximate surface area is 178 Å². The molecule has 4 N–H and O–H groups in total. The molecule has 0 bridgehead atoms. The molecule has 0 fully saturated rings. The van der Waals surface area contributed by atoms with Gasteiger partial charge in [0.2, 0.25) is 0 Å². The summed E-state index contributed by atoms with van der Waals surface area (Å²) in [5.74, 6) is 0.203. The summed E-state index contributed by atoms with van der Waals surface area (Å²) >= 11 is 0. The third-order valence-electron chi connectivity index (χ3n) is 4.98. The monoisotopic (exact) mass is 410 g/mol. The van der Waals surface area contributed by atoms with Gasteiger partial charge >= 0.3 is 0 Å². The van der Waals surface area contributed by atoms with Crippen LogP contribution < -0.4 is 5.73 Å². The van der Waals surface area contributed by atoms with Crippen molar-refractivity contribution in [3.63, 3.8) is 0 Å². The average molecular weight is 410 g/mol. The first-order valence-corrected chi connectivity index (χ1v) is 9.46. The van der Waals surface area contributed by atoms with Crippen LogP contribution in [0.5, 0.6) is 0 Å². The minimum atomic E-state index is -0.272. The van der Waals surface area contributed by atoms with Crippen molar-refractivity contribution in [1.82, 2.24) is 25.1 Å². The number of nitrogens with zero attached hydrogens (tertiary/aromatic N) is 3. The molecule has 6 nitrogen and oxygen atoms in total. The first kappa shape index (κ1) is 19.9. The fourth-order valence-corrected chi connectivity index (χ4v) is 3.53. The summed E-state index contributed by atoms with van der Waals surface area (Å²) in [4.78, 5) is 12.0. The average Bonchev–Trinajstić information content (AvgIpc) is 3.47. The van der Waals surface area contributed by atoms with Crippen molar-refractivity contribution in [2.75, 3.05) is 5.73 Å². The van der Waals surface area contributed by atoms with Crippen molar-refractivity contribution < 1.29 is 4.39 Å². The maximum absolute atomic E-state index is 14.3. The summed E-state index contributed by atoms with van der Waals surface area (Å²) in [6.45, 7) is 0. The summed E-state index contributed by atoms with van der Waals surface area (Å²) in [7, 11) is 0. The predicted octanol–water partition coefficient (Wildman–Crippen LogP) is 4.58. The number of nitrogens with one attached hydrogen (secondary N) is 2. The van der Waals surface area contributed by atoms with E-state index in [0.717, 1.165) is 38.9 Å². The standard InChI is InChI=1S/C22H17FN6.C2H2/c23-20-4-2-1-3-17(20)19-11-25-12-21-18(19)7-16(29-21)6-13-5-14(8-26-22(13)24)15-9-27-28-10-15;1-2/h1-5,7-12,29H,6H2,(H2,24,26)(H,27,28);1-2H. The number of nitrogen functional groups attached to an aromatic ring is 1. The molecule has 4 heterocycles. The molecule has 7 heteroatoms. The zero-order valence-corrected chi connectivity index (χ0v) is 16.5. The van der Waals surface area contributed by atoms with Gasteiger partial charge in [0, 0.05) is 63.9 Å². The predicted molar refractivity (Wildman–Crippen MR) is 120 cm³/mol. The largest absolute Gasteiger partial charge is 0.383 e. The molecule has 0 saturated carbocycles. The highest BCUT2D eigenvalue weighted by molar-refractivity contribution is 5.95. The summed E-state index contributed by atoms with van der Waals surface area (Å²) in [5.41, 5.74) is 12.0. The normalized spacial score (nSPS) is 10.5. The quantitative estimate of drug-likeness (QED) is 0.378. The van der Waals surface area contributed by atoms with Crippen molar-refractivity contribution in [2.24, 2.45) is 0 Å². The molecule has 0 amide bonds. The van der Waals surface area contributed by atoms with Crippen LogP contribution in [0.25, 0.3) is 33.2 Å². The van der Waals surface area contributed by atoms with Gasteiger partial charge in [0.1, 0.15) is 11.6 Å². The van der Waals surface area contributed by atoms with Crippen molar-refractivity contribution in [3.05, 3.63) is 84.5 Å². The number of fused-ring (bicyclic) bond motifs is 1. The third-order valence-corrected chi connectivity index (χ3v) is 4.98. The van der Waals surface area contributed by atoms with Gasteiger partial charge < -0.3 is 10.7 Å². The van der Waals surface area contributed by atoms with Gasteiger partial charge in [-0.2, -0.15) is 5.10 Å². The van der Waals surface area contributed by atoms with Gasteiger partial charge in [-0.3, -0.25) is 10.1 Å². The van der Waals surface area contributed by atoms with Crippen molar-refractivity contribution >= 4 is 16.7 Å². The number of H-pyrrole nitrogens is 2. The molecule has 4 aromatic heterocycles. The van der Waals surface area contributed by atoms with E-state index in [4.69, 9.17) is 5.73 Å². The van der Waals surface area contributed by atoms with E-state index in [1.165, 1.54) is 6.07 Å². The molecule has 5 rings (SSSR count). The van der Waals surface area contributed by atoms with E-state index in [2.05, 4.69) is 38.0 Å². The van der Waals surface area contributed by atoms with Gasteiger partial charge in [-0.25, -0.2) is 9.37 Å². The van der Waals surface area contributed by atoms with Gasteiger partial charge in [0.25, 0.3) is 0 Å². The Morgan fingerprint density at radius 3 is 2.58 bits per heavy atom. The lowest BCUT2D eigenvalue weighted by Crippen LogP contribution is -1.99. The molecular formula is C24H19FN6. The fraction of sp³-hybridized carbons (Fsp3) is 0.0417. The second kappa shape index (κ2) is 8.51. The van der Waals surface area contributed by atoms with Crippen LogP contribution in [-0.2, 0) is 6.42 Å². The number of aromatic nitrogens is 5. The minimum Gasteiger partial charge on any atom is -0.383 e. The summed E-state index contributed by atoms with van der Waals surface area (Å²) < 4.78 is 14.3. The molecule has 0 spiro atoms. The lowest BCUT2D eigenvalue weighted by molar-refractivity contribution is 0.631. The minimum absolute atomic E-state index is 0.272. The molecule has 0 aliphatic rings. The van der Waals surface area contributed by atoms with Gasteiger partial charge in [0.05, 0.1) is 17.9 Å². The van der Waals surface area contributed by atoms with Crippen LogP contribution in [0.3, 0.4) is 0 Å². The van der Waals surface area contributed by atoms with Crippen LogP contribution in [0.2, 0.25) is 0 Å².